The van der Waals surface area contributed by atoms with Crippen molar-refractivity contribution in [2.24, 2.45) is 0 Å². The highest BCUT2D eigenvalue weighted by atomic mass is 32.1. The van der Waals surface area contributed by atoms with Gasteiger partial charge in [0.05, 0.1) is 17.1 Å². The lowest BCUT2D eigenvalue weighted by atomic mass is 10.2. The molecule has 0 aliphatic rings. The smallest absolute Gasteiger partial charge is 0.349 e. The molecule has 174 valence electrons. The highest BCUT2D eigenvalue weighted by Gasteiger charge is 2.15. The molecule has 1 amide bonds. The molecular formula is C26H20N4O4S. The Bertz CT molecular complexity index is 1650. The van der Waals surface area contributed by atoms with Crippen LogP contribution in [0.4, 0.5) is 0 Å². The number of para-hydroxylation sites is 1. The van der Waals surface area contributed by atoms with Gasteiger partial charge in [0.25, 0.3) is 11.5 Å². The van der Waals surface area contributed by atoms with E-state index in [1.807, 2.05) is 37.3 Å². The largest absolute Gasteiger partial charge is 0.422 e. The molecule has 0 bridgehead atoms. The predicted octanol–water partition coefficient (Wildman–Crippen LogP) is 3.88. The van der Waals surface area contributed by atoms with Gasteiger partial charge < -0.3 is 9.73 Å². The molecule has 0 aliphatic carbocycles. The van der Waals surface area contributed by atoms with Crippen LogP contribution in [-0.4, -0.2) is 27.2 Å². The maximum absolute atomic E-state index is 12.6. The first kappa shape index (κ1) is 22.4. The molecule has 5 rings (SSSR count). The monoisotopic (exact) mass is 484 g/mol. The Kier molecular flexibility index (Phi) is 6.07. The molecule has 0 saturated carbocycles. The Morgan fingerprint density at radius 3 is 2.63 bits per heavy atom. The van der Waals surface area contributed by atoms with Crippen LogP contribution in [-0.2, 0) is 6.54 Å². The van der Waals surface area contributed by atoms with Gasteiger partial charge in [-0.15, -0.1) is 11.3 Å². The molecule has 0 unspecified atom stereocenters. The minimum absolute atomic E-state index is 0.0912. The van der Waals surface area contributed by atoms with Crippen LogP contribution < -0.4 is 16.5 Å². The van der Waals surface area contributed by atoms with Crippen molar-refractivity contribution in [3.63, 3.8) is 0 Å². The predicted molar refractivity (Wildman–Crippen MR) is 135 cm³/mol. The second-order valence-corrected chi connectivity index (χ2v) is 8.82. The minimum Gasteiger partial charge on any atom is -0.422 e. The van der Waals surface area contributed by atoms with E-state index in [0.717, 1.165) is 21.1 Å². The third-order valence-corrected chi connectivity index (χ3v) is 6.64. The highest BCUT2D eigenvalue weighted by molar-refractivity contribution is 7.18. The average Bonchev–Trinajstić information content (AvgIpc) is 3.26. The van der Waals surface area contributed by atoms with Crippen LogP contribution in [0.15, 0.2) is 86.8 Å². The van der Waals surface area contributed by atoms with Gasteiger partial charge in [-0.3, -0.25) is 9.59 Å². The number of aryl methyl sites for hydroxylation is 1. The molecule has 2 aromatic carbocycles. The lowest BCUT2D eigenvalue weighted by molar-refractivity contribution is 0.0948. The number of aromatic nitrogens is 3. The summed E-state index contributed by atoms with van der Waals surface area (Å²) in [7, 11) is 0. The summed E-state index contributed by atoms with van der Waals surface area (Å²) in [5.41, 5.74) is 1.78. The van der Waals surface area contributed by atoms with Crippen LogP contribution in [0, 0.1) is 6.92 Å². The Morgan fingerprint density at radius 1 is 1.03 bits per heavy atom. The standard InChI is InChI=1S/C26H20N4O4S/c1-16-23(35-25(28-16)17-7-3-2-4-8-17)20-11-12-22(31)30(29-20)14-13-27-24(32)19-15-18-9-5-6-10-21(18)34-26(19)33/h2-12,15H,13-14H2,1H3,(H,27,32). The molecule has 0 saturated heterocycles. The topological polar surface area (TPSA) is 107 Å². The van der Waals surface area contributed by atoms with Crippen molar-refractivity contribution in [3.8, 4) is 21.1 Å². The Labute approximate surface area is 203 Å². The second kappa shape index (κ2) is 9.47. The van der Waals surface area contributed by atoms with Crippen LogP contribution in [0.3, 0.4) is 0 Å². The van der Waals surface area contributed by atoms with Crippen LogP contribution in [0.5, 0.6) is 0 Å². The van der Waals surface area contributed by atoms with Crippen molar-refractivity contribution in [3.05, 3.63) is 105 Å². The SMILES string of the molecule is Cc1nc(-c2ccccc2)sc1-c1ccc(=O)n(CCNC(=O)c2cc3ccccc3oc2=O)n1. The third kappa shape index (κ3) is 4.67. The Morgan fingerprint density at radius 2 is 1.80 bits per heavy atom. The van der Waals surface area contributed by atoms with Gasteiger partial charge in [0.2, 0.25) is 0 Å². The Balaban J connectivity index is 1.32. The molecule has 3 heterocycles. The van der Waals surface area contributed by atoms with Gasteiger partial charge in [-0.25, -0.2) is 14.5 Å². The fraction of sp³-hybridized carbons (Fsp3) is 0.115. The van der Waals surface area contributed by atoms with Gasteiger partial charge in [-0.2, -0.15) is 5.10 Å². The average molecular weight is 485 g/mol. The van der Waals surface area contributed by atoms with E-state index in [9.17, 15) is 14.4 Å². The summed E-state index contributed by atoms with van der Waals surface area (Å²) >= 11 is 1.50. The van der Waals surface area contributed by atoms with Gasteiger partial charge >= 0.3 is 5.63 Å². The van der Waals surface area contributed by atoms with E-state index < -0.39 is 11.5 Å². The highest BCUT2D eigenvalue weighted by Crippen LogP contribution is 2.33. The van der Waals surface area contributed by atoms with Gasteiger partial charge in [0.15, 0.2) is 0 Å². The molecule has 35 heavy (non-hydrogen) atoms. The van der Waals surface area contributed by atoms with Crippen molar-refractivity contribution in [1.82, 2.24) is 20.1 Å². The maximum Gasteiger partial charge on any atom is 0.349 e. The first-order chi connectivity index (χ1) is 17.0. The molecule has 0 aliphatic heterocycles. The number of carbonyl (C=O) groups excluding carboxylic acids is 1. The maximum atomic E-state index is 12.6. The van der Waals surface area contributed by atoms with E-state index in [-0.39, 0.29) is 24.2 Å². The van der Waals surface area contributed by atoms with Crippen molar-refractivity contribution in [2.45, 2.75) is 13.5 Å². The number of thiazole rings is 1. The number of benzene rings is 2. The molecule has 3 aromatic heterocycles. The second-order valence-electron chi connectivity index (χ2n) is 7.82. The van der Waals surface area contributed by atoms with Crippen molar-refractivity contribution in [2.75, 3.05) is 6.54 Å². The van der Waals surface area contributed by atoms with E-state index in [1.54, 1.807) is 30.3 Å². The fourth-order valence-corrected chi connectivity index (χ4v) is 4.70. The van der Waals surface area contributed by atoms with E-state index in [1.165, 1.54) is 28.2 Å². The molecular weight excluding hydrogens is 464 g/mol. The first-order valence-corrected chi connectivity index (χ1v) is 11.7. The van der Waals surface area contributed by atoms with E-state index in [2.05, 4.69) is 15.4 Å². The summed E-state index contributed by atoms with van der Waals surface area (Å²) in [5.74, 6) is -0.570. The summed E-state index contributed by atoms with van der Waals surface area (Å²) in [6.07, 6.45) is 0. The van der Waals surface area contributed by atoms with Crippen LogP contribution >= 0.6 is 11.3 Å². The number of hydrogen-bond donors (Lipinski definition) is 1. The molecule has 0 spiro atoms. The molecule has 1 N–H and O–H groups in total. The third-order valence-electron chi connectivity index (χ3n) is 5.41. The van der Waals surface area contributed by atoms with E-state index >= 15 is 0 Å². The van der Waals surface area contributed by atoms with Gasteiger partial charge in [0.1, 0.15) is 21.8 Å². The van der Waals surface area contributed by atoms with Gasteiger partial charge in [0, 0.05) is 23.6 Å². The van der Waals surface area contributed by atoms with Gasteiger partial charge in [-0.05, 0) is 25.1 Å². The quantitative estimate of drug-likeness (QED) is 0.367. The lowest BCUT2D eigenvalue weighted by Crippen LogP contribution is -2.33. The molecule has 9 heteroatoms. The van der Waals surface area contributed by atoms with E-state index in [4.69, 9.17) is 4.42 Å². The molecule has 5 aromatic rings. The summed E-state index contributed by atoms with van der Waals surface area (Å²) < 4.78 is 6.51. The van der Waals surface area contributed by atoms with Crippen molar-refractivity contribution < 1.29 is 9.21 Å². The fourth-order valence-electron chi connectivity index (χ4n) is 3.66. The zero-order valence-corrected chi connectivity index (χ0v) is 19.5. The molecule has 0 radical (unpaired) electrons. The van der Waals surface area contributed by atoms with Crippen LogP contribution in [0.1, 0.15) is 16.1 Å². The number of amides is 1. The zero-order valence-electron chi connectivity index (χ0n) is 18.7. The normalized spacial score (nSPS) is 11.0. The molecule has 0 atom stereocenters. The number of nitrogens with zero attached hydrogens (tertiary/aromatic N) is 3. The summed E-state index contributed by atoms with van der Waals surface area (Å²) in [4.78, 5) is 42.7. The number of nitrogens with one attached hydrogen (secondary N) is 1. The van der Waals surface area contributed by atoms with E-state index in [0.29, 0.717) is 16.7 Å². The van der Waals surface area contributed by atoms with Crippen LogP contribution in [0.25, 0.3) is 32.1 Å². The summed E-state index contributed by atoms with van der Waals surface area (Å²) in [6, 6.07) is 21.4. The summed E-state index contributed by atoms with van der Waals surface area (Å²) in [6.45, 7) is 2.16. The summed E-state index contributed by atoms with van der Waals surface area (Å²) in [5, 5.41) is 8.67. The van der Waals surface area contributed by atoms with Crippen LogP contribution in [0.2, 0.25) is 0 Å². The number of rotatable bonds is 6. The molecule has 0 fully saturated rings. The zero-order chi connectivity index (χ0) is 24.4. The first-order valence-electron chi connectivity index (χ1n) is 10.9. The molecule has 8 nitrogen and oxygen atoms in total. The van der Waals surface area contributed by atoms with Crippen molar-refractivity contribution in [1.29, 1.82) is 0 Å². The minimum atomic E-state index is -0.714. The number of fused-ring (bicyclic) bond motifs is 1. The number of hydrogen-bond acceptors (Lipinski definition) is 7. The lowest BCUT2D eigenvalue weighted by Gasteiger charge is -2.08. The number of carbonyl (C=O) groups is 1. The Hall–Kier alpha value is -4.37. The van der Waals surface area contributed by atoms with Crippen molar-refractivity contribution >= 4 is 28.2 Å². The van der Waals surface area contributed by atoms with Gasteiger partial charge in [-0.1, -0.05) is 48.5 Å².